The molecule has 0 fully saturated rings. The van der Waals surface area contributed by atoms with Gasteiger partial charge in [0.2, 0.25) is 0 Å². The molecule has 0 aromatic rings. The van der Waals surface area contributed by atoms with Gasteiger partial charge < -0.3 is 10.8 Å². The summed E-state index contributed by atoms with van der Waals surface area (Å²) in [7, 11) is 0. The van der Waals surface area contributed by atoms with Crippen LogP contribution in [0.4, 0.5) is 0 Å². The van der Waals surface area contributed by atoms with Crippen molar-refractivity contribution < 1.29 is 9.90 Å². The number of aliphatic imine (C=N–C) groups is 1. The molecule has 0 bridgehead atoms. The van der Waals surface area contributed by atoms with E-state index in [4.69, 9.17) is 10.8 Å². The van der Waals surface area contributed by atoms with Gasteiger partial charge in [-0.15, -0.1) is 0 Å². The van der Waals surface area contributed by atoms with Crippen LogP contribution < -0.4 is 5.73 Å². The van der Waals surface area contributed by atoms with Crippen molar-refractivity contribution in [2.75, 3.05) is 0 Å². The fourth-order valence-electron chi connectivity index (χ4n) is 1.51. The maximum absolute atomic E-state index is 10.7. The van der Waals surface area contributed by atoms with Gasteiger partial charge in [0.1, 0.15) is 0 Å². The molecule has 0 saturated carbocycles. The molecule has 4 heteroatoms. The number of carboxylic acids is 1. The van der Waals surface area contributed by atoms with Crippen LogP contribution in [0.25, 0.3) is 0 Å². The Hall–Kier alpha value is -1.32. The molecule has 0 aliphatic rings. The Balaban J connectivity index is 4.41. The van der Waals surface area contributed by atoms with E-state index in [-0.39, 0.29) is 11.6 Å². The van der Waals surface area contributed by atoms with Crippen LogP contribution in [0.15, 0.2) is 16.8 Å². The van der Waals surface area contributed by atoms with E-state index in [0.717, 1.165) is 31.9 Å². The summed E-state index contributed by atoms with van der Waals surface area (Å²) in [5.74, 6) is -0.385. The lowest BCUT2D eigenvalue weighted by Gasteiger charge is -2.12. The van der Waals surface area contributed by atoms with Crippen molar-refractivity contribution in [3.05, 3.63) is 11.8 Å². The topological polar surface area (TPSA) is 75.7 Å². The second kappa shape index (κ2) is 8.79. The molecular formula is C13H24N2O2. The number of nitrogens with two attached hydrogens (primary N) is 1. The number of aliphatic carboxylic acids is 1. The Kier molecular flexibility index (Phi) is 8.11. The van der Waals surface area contributed by atoms with Crippen molar-refractivity contribution in [3.8, 4) is 0 Å². The Morgan fingerprint density at radius 3 is 2.41 bits per heavy atom. The summed E-state index contributed by atoms with van der Waals surface area (Å²) < 4.78 is 0. The molecule has 0 aliphatic heterocycles. The van der Waals surface area contributed by atoms with Gasteiger partial charge in [0.05, 0.1) is 5.57 Å². The first-order valence-electron chi connectivity index (χ1n) is 6.19. The SMILES string of the molecule is CCCC(CCC(C)C)N=CC(=CN)C(=O)O. The van der Waals surface area contributed by atoms with Gasteiger partial charge in [0.25, 0.3) is 0 Å². The molecule has 0 rings (SSSR count). The third kappa shape index (κ3) is 7.55. The smallest absolute Gasteiger partial charge is 0.338 e. The number of nitrogens with zero attached hydrogens (tertiary/aromatic N) is 1. The number of rotatable bonds is 8. The van der Waals surface area contributed by atoms with Gasteiger partial charge >= 0.3 is 5.97 Å². The van der Waals surface area contributed by atoms with E-state index in [2.05, 4.69) is 25.8 Å². The van der Waals surface area contributed by atoms with E-state index in [1.807, 2.05) is 0 Å². The van der Waals surface area contributed by atoms with Crippen LogP contribution in [0.2, 0.25) is 0 Å². The number of carboxylic acid groups (broad SMARTS) is 1. The van der Waals surface area contributed by atoms with E-state index in [1.165, 1.54) is 6.21 Å². The van der Waals surface area contributed by atoms with Crippen LogP contribution in [0.5, 0.6) is 0 Å². The van der Waals surface area contributed by atoms with E-state index < -0.39 is 5.97 Å². The van der Waals surface area contributed by atoms with Crippen LogP contribution >= 0.6 is 0 Å². The van der Waals surface area contributed by atoms with Crippen molar-refractivity contribution >= 4 is 12.2 Å². The van der Waals surface area contributed by atoms with Gasteiger partial charge in [0, 0.05) is 18.5 Å². The lowest BCUT2D eigenvalue weighted by Crippen LogP contribution is -2.10. The zero-order chi connectivity index (χ0) is 13.3. The quantitative estimate of drug-likeness (QED) is 0.506. The monoisotopic (exact) mass is 240 g/mol. The third-order valence-electron chi connectivity index (χ3n) is 2.55. The summed E-state index contributed by atoms with van der Waals surface area (Å²) in [5.41, 5.74) is 5.27. The highest BCUT2D eigenvalue weighted by molar-refractivity contribution is 6.08. The molecule has 3 N–H and O–H groups in total. The zero-order valence-electron chi connectivity index (χ0n) is 11.0. The maximum atomic E-state index is 10.7. The summed E-state index contributed by atoms with van der Waals surface area (Å²) in [6.45, 7) is 6.46. The van der Waals surface area contributed by atoms with Crippen molar-refractivity contribution in [3.63, 3.8) is 0 Å². The standard InChI is InChI=1S/C13H24N2O2/c1-4-5-12(7-6-10(2)3)15-9-11(8-14)13(16)17/h8-10,12H,4-7,14H2,1-3H3,(H,16,17). The average Bonchev–Trinajstić information content (AvgIpc) is 2.25. The van der Waals surface area contributed by atoms with Crippen LogP contribution in [-0.2, 0) is 4.79 Å². The Morgan fingerprint density at radius 2 is 2.00 bits per heavy atom. The summed E-state index contributed by atoms with van der Waals surface area (Å²) in [4.78, 5) is 15.1. The normalized spacial score (nSPS) is 14.5. The van der Waals surface area contributed by atoms with Gasteiger partial charge in [0.15, 0.2) is 0 Å². The van der Waals surface area contributed by atoms with Crippen LogP contribution in [-0.4, -0.2) is 23.3 Å². The maximum Gasteiger partial charge on any atom is 0.338 e. The Bertz CT molecular complexity index is 283. The number of carbonyl (C=O) groups is 1. The highest BCUT2D eigenvalue weighted by Crippen LogP contribution is 2.13. The van der Waals surface area contributed by atoms with Crippen molar-refractivity contribution in [1.29, 1.82) is 0 Å². The van der Waals surface area contributed by atoms with Crippen LogP contribution in [0, 0.1) is 5.92 Å². The minimum Gasteiger partial charge on any atom is -0.478 e. The van der Waals surface area contributed by atoms with Gasteiger partial charge in [-0.1, -0.05) is 27.2 Å². The minimum absolute atomic E-state index is 0.0515. The molecule has 0 spiro atoms. The first-order chi connectivity index (χ1) is 8.01. The highest BCUT2D eigenvalue weighted by Gasteiger charge is 2.08. The molecule has 0 saturated heterocycles. The van der Waals surface area contributed by atoms with Gasteiger partial charge in [-0.25, -0.2) is 4.79 Å². The molecule has 0 aromatic carbocycles. The third-order valence-corrected chi connectivity index (χ3v) is 2.55. The Labute approximate surface area is 104 Å². The summed E-state index contributed by atoms with van der Waals surface area (Å²) in [6, 6.07) is 0.205. The number of hydrogen-bond acceptors (Lipinski definition) is 3. The van der Waals surface area contributed by atoms with E-state index in [9.17, 15) is 4.79 Å². The van der Waals surface area contributed by atoms with E-state index in [0.29, 0.717) is 5.92 Å². The zero-order valence-corrected chi connectivity index (χ0v) is 11.0. The largest absolute Gasteiger partial charge is 0.478 e. The average molecular weight is 240 g/mol. The van der Waals surface area contributed by atoms with Crippen molar-refractivity contribution in [2.45, 2.75) is 52.5 Å². The molecule has 4 nitrogen and oxygen atoms in total. The molecule has 17 heavy (non-hydrogen) atoms. The summed E-state index contributed by atoms with van der Waals surface area (Å²) >= 11 is 0. The van der Waals surface area contributed by atoms with Gasteiger partial charge in [-0.3, -0.25) is 4.99 Å². The predicted molar refractivity (Wildman–Crippen MR) is 71.2 cm³/mol. The molecule has 0 radical (unpaired) electrons. The molecular weight excluding hydrogens is 216 g/mol. The molecule has 0 heterocycles. The fraction of sp³-hybridized carbons (Fsp3) is 0.692. The molecule has 98 valence electrons. The van der Waals surface area contributed by atoms with E-state index >= 15 is 0 Å². The van der Waals surface area contributed by atoms with Crippen LogP contribution in [0.3, 0.4) is 0 Å². The molecule has 0 amide bonds. The number of hydrogen-bond donors (Lipinski definition) is 2. The second-order valence-electron chi connectivity index (χ2n) is 4.62. The van der Waals surface area contributed by atoms with Gasteiger partial charge in [-0.2, -0.15) is 0 Å². The predicted octanol–water partition coefficient (Wildman–Crippen LogP) is 2.59. The summed E-state index contributed by atoms with van der Waals surface area (Å²) in [6.07, 6.45) is 6.60. The molecule has 0 aliphatic carbocycles. The Morgan fingerprint density at radius 1 is 1.35 bits per heavy atom. The van der Waals surface area contributed by atoms with Crippen LogP contribution in [0.1, 0.15) is 46.5 Å². The summed E-state index contributed by atoms with van der Waals surface area (Å²) in [5, 5.41) is 8.79. The van der Waals surface area contributed by atoms with Gasteiger partial charge in [-0.05, 0) is 25.2 Å². The first kappa shape index (κ1) is 15.7. The molecule has 0 aromatic heterocycles. The molecule has 1 atom stereocenters. The lowest BCUT2D eigenvalue weighted by molar-refractivity contribution is -0.132. The van der Waals surface area contributed by atoms with E-state index in [1.54, 1.807) is 0 Å². The lowest BCUT2D eigenvalue weighted by atomic mass is 10.0. The highest BCUT2D eigenvalue weighted by atomic mass is 16.4. The van der Waals surface area contributed by atoms with Crippen molar-refractivity contribution in [2.24, 2.45) is 16.6 Å². The minimum atomic E-state index is -1.03. The first-order valence-corrected chi connectivity index (χ1v) is 6.19. The molecule has 1 unspecified atom stereocenters. The second-order valence-corrected chi connectivity index (χ2v) is 4.62. The fourth-order valence-corrected chi connectivity index (χ4v) is 1.51. The van der Waals surface area contributed by atoms with Crippen molar-refractivity contribution in [1.82, 2.24) is 0 Å².